The van der Waals surface area contributed by atoms with Crippen molar-refractivity contribution in [2.24, 2.45) is 0 Å². The fourth-order valence-electron chi connectivity index (χ4n) is 3.52. The quantitative estimate of drug-likeness (QED) is 0.725. The van der Waals surface area contributed by atoms with E-state index >= 15 is 0 Å². The van der Waals surface area contributed by atoms with Crippen LogP contribution >= 0.6 is 0 Å². The molecular formula is C22H24N3O2+. The van der Waals surface area contributed by atoms with Gasteiger partial charge in [-0.3, -0.25) is 4.79 Å². The molecule has 2 N–H and O–H groups in total. The monoisotopic (exact) mass is 362 g/mol. The molecule has 0 radical (unpaired) electrons. The first-order valence-corrected chi connectivity index (χ1v) is 9.42. The highest BCUT2D eigenvalue weighted by Gasteiger charge is 2.23. The molecule has 3 aromatic rings. The van der Waals surface area contributed by atoms with Gasteiger partial charge in [-0.15, -0.1) is 0 Å². The molecule has 27 heavy (non-hydrogen) atoms. The van der Waals surface area contributed by atoms with E-state index in [2.05, 4.69) is 22.4 Å². The number of hydrogen-bond acceptors (Lipinski definition) is 3. The Balaban J connectivity index is 1.54. The van der Waals surface area contributed by atoms with Crippen molar-refractivity contribution in [3.8, 4) is 0 Å². The molecule has 1 atom stereocenters. The van der Waals surface area contributed by atoms with Gasteiger partial charge in [0.05, 0.1) is 18.7 Å². The van der Waals surface area contributed by atoms with Gasteiger partial charge in [-0.25, -0.2) is 4.98 Å². The van der Waals surface area contributed by atoms with E-state index in [0.29, 0.717) is 5.69 Å². The minimum absolute atomic E-state index is 0.0555. The highest BCUT2D eigenvalue weighted by Crippen LogP contribution is 2.14. The fourth-order valence-corrected chi connectivity index (χ4v) is 3.52. The van der Waals surface area contributed by atoms with Crippen molar-refractivity contribution in [3.63, 3.8) is 0 Å². The molecule has 138 valence electrons. The Hall–Kier alpha value is -2.76. The maximum atomic E-state index is 12.9. The summed E-state index contributed by atoms with van der Waals surface area (Å²) in [5.74, 6) is -0.137. The molecule has 1 aliphatic heterocycles. The molecule has 0 unspecified atom stereocenters. The summed E-state index contributed by atoms with van der Waals surface area (Å²) in [4.78, 5) is 18.9. The molecule has 5 heteroatoms. The van der Waals surface area contributed by atoms with Crippen molar-refractivity contribution < 1.29 is 14.4 Å². The molecule has 0 bridgehead atoms. The van der Waals surface area contributed by atoms with Crippen LogP contribution in [0.25, 0.3) is 10.9 Å². The van der Waals surface area contributed by atoms with Crippen molar-refractivity contribution in [3.05, 3.63) is 78.0 Å². The highest BCUT2D eigenvalue weighted by molar-refractivity contribution is 5.95. The molecule has 1 fully saturated rings. The van der Waals surface area contributed by atoms with Crippen LogP contribution in [0.3, 0.4) is 0 Å². The molecule has 1 amide bonds. The maximum absolute atomic E-state index is 12.9. The summed E-state index contributed by atoms with van der Waals surface area (Å²) in [5.41, 5.74) is 2.40. The van der Waals surface area contributed by atoms with E-state index in [4.69, 9.17) is 4.74 Å². The number of quaternary nitrogens is 1. The van der Waals surface area contributed by atoms with Crippen molar-refractivity contribution in [2.75, 3.05) is 32.8 Å². The highest BCUT2D eigenvalue weighted by atomic mass is 16.5. The van der Waals surface area contributed by atoms with Crippen molar-refractivity contribution in [2.45, 2.75) is 6.04 Å². The molecule has 1 aliphatic rings. The SMILES string of the molecule is O=C(N[C@@H](C[NH+]1CCOCC1)c1ccccc1)c1ccc2ccccc2n1. The average molecular weight is 362 g/mol. The summed E-state index contributed by atoms with van der Waals surface area (Å²) in [7, 11) is 0. The van der Waals surface area contributed by atoms with Gasteiger partial charge in [0.2, 0.25) is 0 Å². The molecule has 2 aromatic carbocycles. The van der Waals surface area contributed by atoms with Gasteiger partial charge in [-0.05, 0) is 17.7 Å². The number of carbonyl (C=O) groups is 1. The van der Waals surface area contributed by atoms with Gasteiger partial charge < -0.3 is 15.0 Å². The molecule has 5 nitrogen and oxygen atoms in total. The second-order valence-corrected chi connectivity index (χ2v) is 6.89. The Morgan fingerprint density at radius 2 is 1.74 bits per heavy atom. The Kier molecular flexibility index (Phi) is 5.42. The number of rotatable bonds is 5. The first-order valence-electron chi connectivity index (χ1n) is 9.42. The number of carbonyl (C=O) groups excluding carboxylic acids is 1. The zero-order chi connectivity index (χ0) is 18.5. The predicted octanol–water partition coefficient (Wildman–Crippen LogP) is 1.62. The largest absolute Gasteiger partial charge is 0.370 e. The number of hydrogen-bond donors (Lipinski definition) is 2. The molecule has 0 saturated carbocycles. The molecule has 1 aromatic heterocycles. The van der Waals surface area contributed by atoms with Gasteiger partial charge in [0.1, 0.15) is 31.4 Å². The zero-order valence-electron chi connectivity index (χ0n) is 15.2. The first-order chi connectivity index (χ1) is 13.3. The predicted molar refractivity (Wildman–Crippen MR) is 105 cm³/mol. The number of morpholine rings is 1. The summed E-state index contributed by atoms with van der Waals surface area (Å²) in [6.07, 6.45) is 0. The van der Waals surface area contributed by atoms with E-state index in [1.54, 1.807) is 6.07 Å². The van der Waals surface area contributed by atoms with Crippen LogP contribution in [0.15, 0.2) is 66.7 Å². The van der Waals surface area contributed by atoms with Crippen LogP contribution in [-0.2, 0) is 4.74 Å². The van der Waals surface area contributed by atoms with E-state index in [1.165, 1.54) is 4.90 Å². The first kappa shape index (κ1) is 17.6. The molecule has 1 saturated heterocycles. The summed E-state index contributed by atoms with van der Waals surface area (Å²) >= 11 is 0. The fraction of sp³-hybridized carbons (Fsp3) is 0.273. The number of nitrogens with one attached hydrogen (secondary N) is 2. The Morgan fingerprint density at radius 1 is 1.00 bits per heavy atom. The third kappa shape index (κ3) is 4.32. The van der Waals surface area contributed by atoms with E-state index in [9.17, 15) is 4.79 Å². The molecule has 2 heterocycles. The summed E-state index contributed by atoms with van der Waals surface area (Å²) in [6.45, 7) is 4.32. The van der Waals surface area contributed by atoms with Crippen molar-refractivity contribution in [1.82, 2.24) is 10.3 Å². The van der Waals surface area contributed by atoms with E-state index in [0.717, 1.165) is 49.3 Å². The number of benzene rings is 2. The van der Waals surface area contributed by atoms with Gasteiger partial charge in [-0.1, -0.05) is 54.6 Å². The number of aromatic nitrogens is 1. The van der Waals surface area contributed by atoms with Gasteiger partial charge in [0, 0.05) is 5.39 Å². The second-order valence-electron chi connectivity index (χ2n) is 6.89. The third-order valence-corrected chi connectivity index (χ3v) is 5.03. The van der Waals surface area contributed by atoms with Crippen molar-refractivity contribution in [1.29, 1.82) is 0 Å². The van der Waals surface area contributed by atoms with Crippen LogP contribution in [0.4, 0.5) is 0 Å². The minimum Gasteiger partial charge on any atom is -0.370 e. The van der Waals surface area contributed by atoms with Crippen LogP contribution < -0.4 is 10.2 Å². The van der Waals surface area contributed by atoms with Gasteiger partial charge in [0.25, 0.3) is 5.91 Å². The topological polar surface area (TPSA) is 55.7 Å². The lowest BCUT2D eigenvalue weighted by atomic mass is 10.1. The van der Waals surface area contributed by atoms with Crippen LogP contribution in [0.1, 0.15) is 22.1 Å². The number of fused-ring (bicyclic) bond motifs is 1. The number of ether oxygens (including phenoxy) is 1. The Labute approximate surface area is 159 Å². The second kappa shape index (κ2) is 8.29. The lowest BCUT2D eigenvalue weighted by molar-refractivity contribution is -0.909. The normalized spacial score (nSPS) is 16.1. The number of nitrogens with zero attached hydrogens (tertiary/aromatic N) is 1. The lowest BCUT2D eigenvalue weighted by Gasteiger charge is -2.28. The molecule has 0 spiro atoms. The smallest absolute Gasteiger partial charge is 0.270 e. The number of pyridine rings is 1. The summed E-state index contributed by atoms with van der Waals surface area (Å²) in [6, 6.07) is 21.7. The van der Waals surface area contributed by atoms with Crippen LogP contribution in [0.5, 0.6) is 0 Å². The summed E-state index contributed by atoms with van der Waals surface area (Å²) in [5, 5.41) is 4.23. The lowest BCUT2D eigenvalue weighted by Crippen LogP contribution is -3.14. The van der Waals surface area contributed by atoms with Gasteiger partial charge in [0.15, 0.2) is 0 Å². The third-order valence-electron chi connectivity index (χ3n) is 5.03. The molecule has 4 rings (SSSR count). The van der Waals surface area contributed by atoms with Crippen molar-refractivity contribution >= 4 is 16.8 Å². The van der Waals surface area contributed by atoms with Gasteiger partial charge in [-0.2, -0.15) is 0 Å². The number of amides is 1. The van der Waals surface area contributed by atoms with E-state index in [1.807, 2.05) is 48.5 Å². The standard InChI is InChI=1S/C22H23N3O2/c26-22(20-11-10-18-8-4-5-9-19(18)23-20)24-21(17-6-2-1-3-7-17)16-25-12-14-27-15-13-25/h1-11,21H,12-16H2,(H,24,26)/p+1/t21-/m0/s1. The maximum Gasteiger partial charge on any atom is 0.270 e. The Morgan fingerprint density at radius 3 is 2.56 bits per heavy atom. The molecule has 0 aliphatic carbocycles. The number of para-hydroxylation sites is 1. The average Bonchev–Trinajstić information content (AvgIpc) is 2.74. The van der Waals surface area contributed by atoms with Crippen LogP contribution in [-0.4, -0.2) is 43.7 Å². The van der Waals surface area contributed by atoms with Gasteiger partial charge >= 0.3 is 0 Å². The van der Waals surface area contributed by atoms with E-state index in [-0.39, 0.29) is 11.9 Å². The molecular weight excluding hydrogens is 338 g/mol. The Bertz CT molecular complexity index is 908. The minimum atomic E-state index is -0.137. The van der Waals surface area contributed by atoms with Crippen LogP contribution in [0, 0.1) is 0 Å². The van der Waals surface area contributed by atoms with Crippen LogP contribution in [0.2, 0.25) is 0 Å². The summed E-state index contributed by atoms with van der Waals surface area (Å²) < 4.78 is 5.46. The van der Waals surface area contributed by atoms with E-state index < -0.39 is 0 Å². The zero-order valence-corrected chi connectivity index (χ0v) is 15.2.